The number of nitrogens with one attached hydrogen (secondary N) is 1. The van der Waals surface area contributed by atoms with Gasteiger partial charge in [0.2, 0.25) is 0 Å². The first kappa shape index (κ1) is 13.3. The Labute approximate surface area is 105 Å². The average molecular weight is 241 g/mol. The van der Waals surface area contributed by atoms with Crippen LogP contribution in [0.5, 0.6) is 0 Å². The molecule has 1 unspecified atom stereocenters. The maximum atomic E-state index is 9.68. The second kappa shape index (κ2) is 5.25. The molecule has 1 saturated carbocycles. The van der Waals surface area contributed by atoms with Gasteiger partial charge in [-0.25, -0.2) is 0 Å². The molecule has 1 aliphatic carbocycles. The van der Waals surface area contributed by atoms with E-state index in [0.29, 0.717) is 11.5 Å². The number of aliphatic hydroxyl groups is 1. The Morgan fingerprint density at radius 1 is 1.24 bits per heavy atom. The lowest BCUT2D eigenvalue weighted by Crippen LogP contribution is -2.53. The Kier molecular flexibility index (Phi) is 4.11. The number of rotatable bonds is 4. The molecule has 0 aromatic heterocycles. The fourth-order valence-corrected chi connectivity index (χ4v) is 2.93. The van der Waals surface area contributed by atoms with Crippen LogP contribution in [-0.2, 0) is 4.74 Å². The van der Waals surface area contributed by atoms with Crippen molar-refractivity contribution >= 4 is 0 Å². The molecule has 0 bridgehead atoms. The zero-order valence-electron chi connectivity index (χ0n) is 11.3. The highest BCUT2D eigenvalue weighted by Gasteiger charge is 2.38. The Hall–Kier alpha value is -0.120. The minimum absolute atomic E-state index is 0.0402. The molecule has 100 valence electrons. The van der Waals surface area contributed by atoms with Crippen molar-refractivity contribution in [2.24, 2.45) is 5.41 Å². The summed E-state index contributed by atoms with van der Waals surface area (Å²) in [7, 11) is 0. The molecule has 0 radical (unpaired) electrons. The summed E-state index contributed by atoms with van der Waals surface area (Å²) in [6.07, 6.45) is 7.30. The van der Waals surface area contributed by atoms with Crippen molar-refractivity contribution in [3.05, 3.63) is 0 Å². The fourth-order valence-electron chi connectivity index (χ4n) is 2.93. The minimum atomic E-state index is -0.0402. The number of hydrogen-bond donors (Lipinski definition) is 2. The topological polar surface area (TPSA) is 41.5 Å². The highest BCUT2D eigenvalue weighted by Crippen LogP contribution is 2.40. The molecule has 0 spiro atoms. The van der Waals surface area contributed by atoms with Crippen LogP contribution in [0, 0.1) is 5.41 Å². The van der Waals surface area contributed by atoms with Gasteiger partial charge in [0.05, 0.1) is 12.7 Å². The van der Waals surface area contributed by atoms with Crippen LogP contribution in [0.4, 0.5) is 0 Å². The molecule has 2 aliphatic rings. The van der Waals surface area contributed by atoms with E-state index >= 15 is 0 Å². The van der Waals surface area contributed by atoms with Crippen LogP contribution in [0.15, 0.2) is 0 Å². The van der Waals surface area contributed by atoms with E-state index in [2.05, 4.69) is 19.2 Å². The quantitative estimate of drug-likeness (QED) is 0.792. The van der Waals surface area contributed by atoms with Crippen molar-refractivity contribution in [2.75, 3.05) is 19.8 Å². The summed E-state index contributed by atoms with van der Waals surface area (Å²) in [4.78, 5) is 0. The molecule has 0 aromatic carbocycles. The second-order valence-corrected chi connectivity index (χ2v) is 6.62. The monoisotopic (exact) mass is 241 g/mol. The summed E-state index contributed by atoms with van der Waals surface area (Å²) in [5.74, 6) is 0. The predicted octanol–water partition coefficient (Wildman–Crippen LogP) is 2.09. The molecule has 1 atom stereocenters. The standard InChI is InChI=1S/C14H27NO2/c1-13(2)5-7-14(11-16,8-6-13)15-10-12-4-3-9-17-12/h12,15-16H,3-11H2,1-2H3. The Morgan fingerprint density at radius 2 is 1.94 bits per heavy atom. The number of ether oxygens (including phenoxy) is 1. The maximum Gasteiger partial charge on any atom is 0.0700 e. The zero-order valence-corrected chi connectivity index (χ0v) is 11.3. The van der Waals surface area contributed by atoms with Crippen molar-refractivity contribution in [1.82, 2.24) is 5.32 Å². The van der Waals surface area contributed by atoms with Gasteiger partial charge < -0.3 is 15.2 Å². The second-order valence-electron chi connectivity index (χ2n) is 6.62. The summed E-state index contributed by atoms with van der Waals surface area (Å²) >= 11 is 0. The van der Waals surface area contributed by atoms with Gasteiger partial charge in [-0.1, -0.05) is 13.8 Å². The van der Waals surface area contributed by atoms with Crippen molar-refractivity contribution in [3.8, 4) is 0 Å². The first-order valence-corrected chi connectivity index (χ1v) is 7.03. The molecule has 1 aliphatic heterocycles. The fraction of sp³-hybridized carbons (Fsp3) is 1.00. The van der Waals surface area contributed by atoms with Gasteiger partial charge in [-0.15, -0.1) is 0 Å². The van der Waals surface area contributed by atoms with Crippen LogP contribution in [0.1, 0.15) is 52.4 Å². The molecular formula is C14H27NO2. The number of hydrogen-bond acceptors (Lipinski definition) is 3. The molecule has 2 N–H and O–H groups in total. The first-order valence-electron chi connectivity index (χ1n) is 7.03. The van der Waals surface area contributed by atoms with Crippen LogP contribution in [0.3, 0.4) is 0 Å². The molecule has 1 heterocycles. The van der Waals surface area contributed by atoms with Gasteiger partial charge in [0.25, 0.3) is 0 Å². The van der Waals surface area contributed by atoms with E-state index in [1.807, 2.05) is 0 Å². The van der Waals surface area contributed by atoms with E-state index in [1.165, 1.54) is 25.7 Å². The van der Waals surface area contributed by atoms with Crippen LogP contribution >= 0.6 is 0 Å². The highest BCUT2D eigenvalue weighted by molar-refractivity contribution is 4.95. The van der Waals surface area contributed by atoms with Gasteiger partial charge in [0.15, 0.2) is 0 Å². The molecule has 3 heteroatoms. The maximum absolute atomic E-state index is 9.68. The average Bonchev–Trinajstić information content (AvgIpc) is 2.82. The Morgan fingerprint density at radius 3 is 2.47 bits per heavy atom. The van der Waals surface area contributed by atoms with E-state index in [-0.39, 0.29) is 12.1 Å². The first-order chi connectivity index (χ1) is 8.05. The summed E-state index contributed by atoms with van der Waals surface area (Å²) in [6.45, 7) is 6.73. The molecule has 2 fully saturated rings. The molecule has 3 nitrogen and oxygen atoms in total. The van der Waals surface area contributed by atoms with Gasteiger partial charge in [-0.2, -0.15) is 0 Å². The molecule has 17 heavy (non-hydrogen) atoms. The smallest absolute Gasteiger partial charge is 0.0700 e. The van der Waals surface area contributed by atoms with Gasteiger partial charge in [-0.3, -0.25) is 0 Å². The summed E-state index contributed by atoms with van der Waals surface area (Å²) in [5, 5.41) is 13.3. The number of aliphatic hydroxyl groups excluding tert-OH is 1. The SMILES string of the molecule is CC1(C)CCC(CO)(NCC2CCCO2)CC1. The minimum Gasteiger partial charge on any atom is -0.394 e. The van der Waals surface area contributed by atoms with Crippen molar-refractivity contribution in [3.63, 3.8) is 0 Å². The van der Waals surface area contributed by atoms with Crippen LogP contribution < -0.4 is 5.32 Å². The van der Waals surface area contributed by atoms with Crippen molar-refractivity contribution < 1.29 is 9.84 Å². The summed E-state index contributed by atoms with van der Waals surface area (Å²) in [6, 6.07) is 0. The molecule has 0 amide bonds. The van der Waals surface area contributed by atoms with Crippen LogP contribution in [0.25, 0.3) is 0 Å². The third-order valence-corrected chi connectivity index (χ3v) is 4.59. The van der Waals surface area contributed by atoms with Gasteiger partial charge >= 0.3 is 0 Å². The third kappa shape index (κ3) is 3.43. The van der Waals surface area contributed by atoms with E-state index in [4.69, 9.17) is 4.74 Å². The Balaban J connectivity index is 1.82. The van der Waals surface area contributed by atoms with Gasteiger partial charge in [-0.05, 0) is 43.9 Å². The lowest BCUT2D eigenvalue weighted by Gasteiger charge is -2.43. The summed E-state index contributed by atoms with van der Waals surface area (Å²) < 4.78 is 5.63. The lowest BCUT2D eigenvalue weighted by molar-refractivity contribution is 0.0525. The van der Waals surface area contributed by atoms with Crippen molar-refractivity contribution in [1.29, 1.82) is 0 Å². The predicted molar refractivity (Wildman–Crippen MR) is 69.0 cm³/mol. The van der Waals surface area contributed by atoms with Gasteiger partial charge in [0, 0.05) is 18.7 Å². The largest absolute Gasteiger partial charge is 0.394 e. The highest BCUT2D eigenvalue weighted by atomic mass is 16.5. The zero-order chi connectivity index (χ0) is 12.4. The molecule has 2 rings (SSSR count). The van der Waals surface area contributed by atoms with E-state index in [9.17, 15) is 5.11 Å². The van der Waals surface area contributed by atoms with Crippen LogP contribution in [0.2, 0.25) is 0 Å². The molecular weight excluding hydrogens is 214 g/mol. The molecule has 1 saturated heterocycles. The van der Waals surface area contributed by atoms with E-state index < -0.39 is 0 Å². The van der Waals surface area contributed by atoms with E-state index in [0.717, 1.165) is 26.0 Å². The lowest BCUT2D eigenvalue weighted by atomic mass is 9.69. The van der Waals surface area contributed by atoms with Crippen molar-refractivity contribution in [2.45, 2.75) is 64.0 Å². The molecule has 0 aromatic rings. The van der Waals surface area contributed by atoms with E-state index in [1.54, 1.807) is 0 Å². The normalized spacial score (nSPS) is 31.6. The third-order valence-electron chi connectivity index (χ3n) is 4.59. The van der Waals surface area contributed by atoms with Gasteiger partial charge in [0.1, 0.15) is 0 Å². The summed E-state index contributed by atoms with van der Waals surface area (Å²) in [5.41, 5.74) is 0.408. The Bertz CT molecular complexity index is 237. The van der Waals surface area contributed by atoms with Crippen LogP contribution in [-0.4, -0.2) is 36.5 Å².